The van der Waals surface area contributed by atoms with Gasteiger partial charge in [-0.1, -0.05) is 41.4 Å². The Morgan fingerprint density at radius 2 is 1.70 bits per heavy atom. The van der Waals surface area contributed by atoms with Crippen LogP contribution >= 0.6 is 23.2 Å². The van der Waals surface area contributed by atoms with Gasteiger partial charge in [0.25, 0.3) is 0 Å². The summed E-state index contributed by atoms with van der Waals surface area (Å²) in [6, 6.07) is 10.8. The Morgan fingerprint density at radius 3 is 2.44 bits per heavy atom. The average molecular weight is 406 g/mol. The number of hydrogen-bond acceptors (Lipinski definition) is 3. The molecule has 0 saturated heterocycles. The minimum Gasteiger partial charge on any atom is -0.341 e. The lowest BCUT2D eigenvalue weighted by Crippen LogP contribution is -2.43. The largest absolute Gasteiger partial charge is 0.341 e. The van der Waals surface area contributed by atoms with Crippen LogP contribution in [0.1, 0.15) is 42.5 Å². The van der Waals surface area contributed by atoms with Crippen LogP contribution in [-0.2, 0) is 22.4 Å². The summed E-state index contributed by atoms with van der Waals surface area (Å²) in [5, 5.41) is 3.54. The Morgan fingerprint density at radius 1 is 0.963 bits per heavy atom. The van der Waals surface area contributed by atoms with Crippen molar-refractivity contribution in [3.63, 3.8) is 0 Å². The van der Waals surface area contributed by atoms with Crippen molar-refractivity contribution in [3.05, 3.63) is 63.1 Å². The summed E-state index contributed by atoms with van der Waals surface area (Å²) < 4.78 is 0. The van der Waals surface area contributed by atoms with E-state index in [0.717, 1.165) is 18.4 Å². The molecular formula is C20H21Cl2N3O2. The molecule has 0 radical (unpaired) electrons. The van der Waals surface area contributed by atoms with Crippen molar-refractivity contribution >= 4 is 40.7 Å². The third-order valence-corrected chi connectivity index (χ3v) is 5.22. The Kier molecular flexibility index (Phi) is 6.24. The van der Waals surface area contributed by atoms with Crippen LogP contribution in [0, 0.1) is 0 Å². The molecular weight excluding hydrogens is 385 g/mol. The molecule has 5 nitrogen and oxygen atoms in total. The Hall–Kier alpha value is -2.24. The quantitative estimate of drug-likeness (QED) is 0.527. The van der Waals surface area contributed by atoms with Crippen molar-refractivity contribution < 1.29 is 9.59 Å². The molecule has 0 bridgehead atoms. The highest BCUT2D eigenvalue weighted by molar-refractivity contribution is 6.37. The Bertz CT molecular complexity index is 870. The smallest absolute Gasteiger partial charge is 0.327 e. The molecule has 0 fully saturated rings. The first kappa shape index (κ1) is 19.5. The van der Waals surface area contributed by atoms with E-state index in [-0.39, 0.29) is 6.04 Å². The van der Waals surface area contributed by atoms with Crippen LogP contribution in [0.4, 0.5) is 5.69 Å². The van der Waals surface area contributed by atoms with Gasteiger partial charge < -0.3 is 5.32 Å². The molecule has 0 saturated carbocycles. The van der Waals surface area contributed by atoms with Gasteiger partial charge in [0.05, 0.1) is 16.8 Å². The lowest BCUT2D eigenvalue weighted by atomic mass is 9.89. The number of benzene rings is 2. The molecule has 0 aromatic heterocycles. The number of rotatable bonds is 4. The molecule has 2 aromatic rings. The van der Waals surface area contributed by atoms with Gasteiger partial charge in [-0.25, -0.2) is 0 Å². The lowest BCUT2D eigenvalue weighted by Gasteiger charge is -2.20. The molecule has 2 amide bonds. The molecule has 3 rings (SSSR count). The van der Waals surface area contributed by atoms with Gasteiger partial charge in [0.1, 0.15) is 0 Å². The van der Waals surface area contributed by atoms with Crippen molar-refractivity contribution in [1.82, 2.24) is 10.7 Å². The number of aryl methyl sites for hydroxylation is 2. The fourth-order valence-electron chi connectivity index (χ4n) is 3.14. The first-order valence-corrected chi connectivity index (χ1v) is 9.63. The summed E-state index contributed by atoms with van der Waals surface area (Å²) in [5.74, 6) is -1.52. The standard InChI is InChI=1S/C20H21Cl2N3O2/c1-12(14-7-6-13-4-2-3-5-15(13)10-14)23-19(26)20(27)25-24-18-9-8-16(21)11-17(18)22/h6-12,24H,2-5H2,1H3,(H,23,26)(H,25,27)/t12-/m0/s1. The second-order valence-corrected chi connectivity index (χ2v) is 7.48. The maximum atomic E-state index is 12.2. The van der Waals surface area contributed by atoms with Crippen LogP contribution in [-0.4, -0.2) is 11.8 Å². The fraction of sp³-hybridized carbons (Fsp3) is 0.300. The van der Waals surface area contributed by atoms with E-state index < -0.39 is 11.8 Å². The van der Waals surface area contributed by atoms with Crippen molar-refractivity contribution in [2.75, 3.05) is 5.43 Å². The second-order valence-electron chi connectivity index (χ2n) is 6.63. The van der Waals surface area contributed by atoms with Crippen molar-refractivity contribution in [3.8, 4) is 0 Å². The average Bonchev–Trinajstić information content (AvgIpc) is 2.66. The van der Waals surface area contributed by atoms with E-state index in [2.05, 4.69) is 28.3 Å². The zero-order valence-corrected chi connectivity index (χ0v) is 16.5. The van der Waals surface area contributed by atoms with Gasteiger partial charge >= 0.3 is 11.8 Å². The molecule has 142 valence electrons. The number of fused-ring (bicyclic) bond motifs is 1. The number of carbonyl (C=O) groups is 2. The van der Waals surface area contributed by atoms with Crippen LogP contribution in [0.5, 0.6) is 0 Å². The number of anilines is 1. The zero-order valence-electron chi connectivity index (χ0n) is 14.9. The summed E-state index contributed by atoms with van der Waals surface area (Å²) in [6.45, 7) is 1.86. The molecule has 7 heteroatoms. The highest BCUT2D eigenvalue weighted by atomic mass is 35.5. The van der Waals surface area contributed by atoms with Gasteiger partial charge in [0.15, 0.2) is 0 Å². The first-order valence-electron chi connectivity index (χ1n) is 8.87. The maximum absolute atomic E-state index is 12.2. The number of carbonyl (C=O) groups excluding carboxylic acids is 2. The molecule has 1 atom stereocenters. The third kappa shape index (κ3) is 4.93. The van der Waals surface area contributed by atoms with Gasteiger partial charge in [0, 0.05) is 5.02 Å². The molecule has 3 N–H and O–H groups in total. The molecule has 1 aliphatic carbocycles. The topological polar surface area (TPSA) is 70.2 Å². The van der Waals surface area contributed by atoms with E-state index in [4.69, 9.17) is 23.2 Å². The third-order valence-electron chi connectivity index (χ3n) is 4.67. The summed E-state index contributed by atoms with van der Waals surface area (Å²) in [6.07, 6.45) is 4.59. The number of nitrogens with one attached hydrogen (secondary N) is 3. The van der Waals surface area contributed by atoms with E-state index in [0.29, 0.717) is 15.7 Å². The minimum atomic E-state index is -0.800. The molecule has 0 aliphatic heterocycles. The predicted octanol–water partition coefficient (Wildman–Crippen LogP) is 4.19. The van der Waals surface area contributed by atoms with Gasteiger partial charge in [0.2, 0.25) is 0 Å². The molecule has 0 unspecified atom stereocenters. The van der Waals surface area contributed by atoms with Gasteiger partial charge in [-0.15, -0.1) is 0 Å². The normalized spacial score (nSPS) is 14.0. The highest BCUT2D eigenvalue weighted by Crippen LogP contribution is 2.25. The number of hydrogen-bond donors (Lipinski definition) is 3. The van der Waals surface area contributed by atoms with E-state index in [1.807, 2.05) is 13.0 Å². The Labute approximate surface area is 168 Å². The monoisotopic (exact) mass is 405 g/mol. The van der Waals surface area contributed by atoms with Gasteiger partial charge in [-0.05, 0) is 67.5 Å². The lowest BCUT2D eigenvalue weighted by molar-refractivity contribution is -0.139. The number of halogens is 2. The zero-order chi connectivity index (χ0) is 19.4. The van der Waals surface area contributed by atoms with Gasteiger partial charge in [-0.2, -0.15) is 0 Å². The van der Waals surface area contributed by atoms with Crippen LogP contribution in [0.25, 0.3) is 0 Å². The number of hydrazine groups is 1. The minimum absolute atomic E-state index is 0.269. The molecule has 0 spiro atoms. The summed E-state index contributed by atoms with van der Waals surface area (Å²) in [7, 11) is 0. The van der Waals surface area contributed by atoms with Crippen molar-refractivity contribution in [2.24, 2.45) is 0 Å². The molecule has 27 heavy (non-hydrogen) atoms. The first-order chi connectivity index (χ1) is 12.9. The highest BCUT2D eigenvalue weighted by Gasteiger charge is 2.18. The van der Waals surface area contributed by atoms with Crippen LogP contribution in [0.15, 0.2) is 36.4 Å². The van der Waals surface area contributed by atoms with Crippen LogP contribution in [0.3, 0.4) is 0 Å². The number of amides is 2. The predicted molar refractivity (Wildman–Crippen MR) is 108 cm³/mol. The van der Waals surface area contributed by atoms with Crippen molar-refractivity contribution in [1.29, 1.82) is 0 Å². The summed E-state index contributed by atoms with van der Waals surface area (Å²) in [4.78, 5) is 24.2. The van der Waals surface area contributed by atoms with E-state index in [9.17, 15) is 9.59 Å². The van der Waals surface area contributed by atoms with E-state index in [1.165, 1.54) is 30.0 Å². The Balaban J connectivity index is 1.56. The van der Waals surface area contributed by atoms with Crippen LogP contribution < -0.4 is 16.2 Å². The van der Waals surface area contributed by atoms with Crippen LogP contribution in [0.2, 0.25) is 10.0 Å². The summed E-state index contributed by atoms with van der Waals surface area (Å²) in [5.41, 5.74) is 9.12. The molecule has 0 heterocycles. The second kappa shape index (κ2) is 8.63. The fourth-order valence-corrected chi connectivity index (χ4v) is 3.60. The van der Waals surface area contributed by atoms with E-state index >= 15 is 0 Å². The molecule has 1 aliphatic rings. The SMILES string of the molecule is C[C@H](NC(=O)C(=O)NNc1ccc(Cl)cc1Cl)c1ccc2c(c1)CCCC2. The summed E-state index contributed by atoms with van der Waals surface area (Å²) >= 11 is 11.8. The maximum Gasteiger partial charge on any atom is 0.327 e. The van der Waals surface area contributed by atoms with E-state index in [1.54, 1.807) is 12.1 Å². The van der Waals surface area contributed by atoms with Crippen molar-refractivity contribution in [2.45, 2.75) is 38.6 Å². The molecule has 2 aromatic carbocycles. The van der Waals surface area contributed by atoms with Gasteiger partial charge in [-0.3, -0.25) is 20.4 Å².